The number of ketones is 1. The minimum Gasteiger partial charge on any atom is -0.348 e. The number of rotatable bonds is 2. The van der Waals surface area contributed by atoms with Gasteiger partial charge in [0.15, 0.2) is 5.78 Å². The Morgan fingerprint density at radius 1 is 1.22 bits per heavy atom. The molecule has 0 spiro atoms. The number of carbonyl (C=O) groups is 1. The summed E-state index contributed by atoms with van der Waals surface area (Å²) in [5.41, 5.74) is 4.07. The van der Waals surface area contributed by atoms with Crippen molar-refractivity contribution in [1.29, 1.82) is 0 Å². The molecule has 0 atom stereocenters. The molecule has 98 valence electrons. The van der Waals surface area contributed by atoms with E-state index in [0.29, 0.717) is 11.2 Å². The summed E-state index contributed by atoms with van der Waals surface area (Å²) in [7, 11) is 0. The summed E-state index contributed by atoms with van der Waals surface area (Å²) < 4.78 is 2.44. The highest BCUT2D eigenvalue weighted by Crippen LogP contribution is 2.40. The first-order chi connectivity index (χ1) is 8.59. The van der Waals surface area contributed by atoms with Crippen LogP contribution in [0.5, 0.6) is 0 Å². The van der Waals surface area contributed by atoms with E-state index in [1.54, 1.807) is 0 Å². The molecule has 0 amide bonds. The van der Waals surface area contributed by atoms with Gasteiger partial charge in [-0.3, -0.25) is 4.79 Å². The Bertz CT molecular complexity index is 478. The van der Waals surface area contributed by atoms with Gasteiger partial charge in [0.25, 0.3) is 0 Å². The van der Waals surface area contributed by atoms with Gasteiger partial charge in [0.05, 0.1) is 0 Å². The predicted molar refractivity (Wildman–Crippen MR) is 73.0 cm³/mol. The Hall–Kier alpha value is -1.05. The molecule has 1 heterocycles. The normalized spacial score (nSPS) is 22.2. The van der Waals surface area contributed by atoms with Crippen molar-refractivity contribution in [3.63, 3.8) is 0 Å². The van der Waals surface area contributed by atoms with Crippen molar-refractivity contribution in [2.24, 2.45) is 5.41 Å². The number of hydrogen-bond donors (Lipinski definition) is 0. The number of aryl methyl sites for hydroxylation is 1. The van der Waals surface area contributed by atoms with E-state index in [0.717, 1.165) is 31.4 Å². The third-order valence-electron chi connectivity index (χ3n) is 4.88. The van der Waals surface area contributed by atoms with Crippen LogP contribution in [-0.2, 0) is 13.0 Å². The van der Waals surface area contributed by atoms with Gasteiger partial charge < -0.3 is 4.57 Å². The third-order valence-corrected chi connectivity index (χ3v) is 4.88. The van der Waals surface area contributed by atoms with Gasteiger partial charge in [0, 0.05) is 29.9 Å². The van der Waals surface area contributed by atoms with Crippen LogP contribution in [0, 0.1) is 12.3 Å². The highest BCUT2D eigenvalue weighted by atomic mass is 16.1. The second-order valence-corrected chi connectivity index (χ2v) is 6.53. The van der Waals surface area contributed by atoms with E-state index in [9.17, 15) is 4.79 Å². The number of carbonyl (C=O) groups excluding carboxylic acids is 1. The Morgan fingerprint density at radius 2 is 1.94 bits per heavy atom. The number of Topliss-reactive ketones (excluding diaryl/α,β-unsaturated/α-hetero) is 1. The third kappa shape index (κ3) is 1.92. The minimum absolute atomic E-state index is 0.356. The van der Waals surface area contributed by atoms with E-state index in [-0.39, 0.29) is 0 Å². The first-order valence-corrected chi connectivity index (χ1v) is 7.31. The quantitative estimate of drug-likeness (QED) is 0.774. The Balaban J connectivity index is 1.94. The van der Waals surface area contributed by atoms with Crippen molar-refractivity contribution >= 4 is 5.78 Å². The van der Waals surface area contributed by atoms with Crippen molar-refractivity contribution in [2.45, 2.75) is 65.3 Å². The molecule has 1 saturated carbocycles. The van der Waals surface area contributed by atoms with E-state index in [1.165, 1.54) is 37.1 Å². The van der Waals surface area contributed by atoms with Gasteiger partial charge in [-0.2, -0.15) is 0 Å². The molecule has 0 N–H and O–H groups in total. The molecule has 18 heavy (non-hydrogen) atoms. The lowest BCUT2D eigenvalue weighted by molar-refractivity contribution is 0.0971. The largest absolute Gasteiger partial charge is 0.348 e. The molecule has 0 aliphatic heterocycles. The summed E-state index contributed by atoms with van der Waals surface area (Å²) in [5.74, 6) is 0.356. The summed E-state index contributed by atoms with van der Waals surface area (Å²) in [6.45, 7) is 5.68. The van der Waals surface area contributed by atoms with Gasteiger partial charge in [0.1, 0.15) is 0 Å². The summed E-state index contributed by atoms with van der Waals surface area (Å²) in [6, 6.07) is 2.12. The Kier molecular flexibility index (Phi) is 2.84. The van der Waals surface area contributed by atoms with Crippen LogP contribution in [0.3, 0.4) is 0 Å². The fraction of sp³-hybridized carbons (Fsp3) is 0.688. The lowest BCUT2D eigenvalue weighted by Gasteiger charge is -2.27. The molecule has 0 saturated heterocycles. The van der Waals surface area contributed by atoms with E-state index in [4.69, 9.17) is 0 Å². The van der Waals surface area contributed by atoms with Crippen LogP contribution in [0.2, 0.25) is 0 Å². The molecule has 0 bridgehead atoms. The zero-order chi connectivity index (χ0) is 12.8. The smallest absolute Gasteiger partial charge is 0.164 e. The highest BCUT2D eigenvalue weighted by Gasteiger charge is 2.31. The molecular weight excluding hydrogens is 222 g/mol. The average molecular weight is 245 g/mol. The number of nitrogens with zero attached hydrogens (tertiary/aromatic N) is 1. The van der Waals surface area contributed by atoms with Crippen molar-refractivity contribution < 1.29 is 4.79 Å². The van der Waals surface area contributed by atoms with Gasteiger partial charge in [-0.15, -0.1) is 0 Å². The highest BCUT2D eigenvalue weighted by molar-refractivity contribution is 5.98. The standard InChI is InChI=1S/C16H23NO/c1-12-10-13-14(6-5-7-15(13)18)17(12)11-16(2)8-3-4-9-16/h10H,3-9,11H2,1-2H3. The van der Waals surface area contributed by atoms with Gasteiger partial charge in [-0.1, -0.05) is 19.8 Å². The SMILES string of the molecule is Cc1cc2c(n1CC1(C)CCCC1)CCCC2=O. The van der Waals surface area contributed by atoms with E-state index in [2.05, 4.69) is 24.5 Å². The monoisotopic (exact) mass is 245 g/mol. The van der Waals surface area contributed by atoms with E-state index >= 15 is 0 Å². The van der Waals surface area contributed by atoms with Gasteiger partial charge in [-0.05, 0) is 44.1 Å². The van der Waals surface area contributed by atoms with Gasteiger partial charge in [0.2, 0.25) is 0 Å². The van der Waals surface area contributed by atoms with E-state index in [1.807, 2.05) is 0 Å². The zero-order valence-electron chi connectivity index (χ0n) is 11.6. The maximum absolute atomic E-state index is 12.0. The van der Waals surface area contributed by atoms with Crippen molar-refractivity contribution in [3.8, 4) is 0 Å². The molecular formula is C16H23NO. The van der Waals surface area contributed by atoms with Crippen LogP contribution >= 0.6 is 0 Å². The van der Waals surface area contributed by atoms with Crippen LogP contribution in [0.4, 0.5) is 0 Å². The topological polar surface area (TPSA) is 22.0 Å². The summed E-state index contributed by atoms with van der Waals surface area (Å²) in [6.07, 6.45) is 8.29. The second-order valence-electron chi connectivity index (χ2n) is 6.53. The first kappa shape index (κ1) is 12.0. The molecule has 1 aromatic heterocycles. The van der Waals surface area contributed by atoms with Gasteiger partial charge in [-0.25, -0.2) is 0 Å². The lowest BCUT2D eigenvalue weighted by Crippen LogP contribution is -2.23. The summed E-state index contributed by atoms with van der Waals surface area (Å²) in [4.78, 5) is 12.0. The van der Waals surface area contributed by atoms with Crippen LogP contribution < -0.4 is 0 Å². The fourth-order valence-electron chi connectivity index (χ4n) is 3.78. The van der Waals surface area contributed by atoms with Crippen LogP contribution in [0.1, 0.15) is 67.2 Å². The van der Waals surface area contributed by atoms with Crippen molar-refractivity contribution in [2.75, 3.05) is 0 Å². The van der Waals surface area contributed by atoms with Crippen LogP contribution in [-0.4, -0.2) is 10.4 Å². The molecule has 0 unspecified atom stereocenters. The molecule has 0 radical (unpaired) electrons. The lowest BCUT2D eigenvalue weighted by atomic mass is 9.88. The Morgan fingerprint density at radius 3 is 2.67 bits per heavy atom. The fourth-order valence-corrected chi connectivity index (χ4v) is 3.78. The summed E-state index contributed by atoms with van der Waals surface area (Å²) in [5, 5.41) is 0. The van der Waals surface area contributed by atoms with Crippen LogP contribution in [0.15, 0.2) is 6.07 Å². The molecule has 2 heteroatoms. The Labute approximate surface area is 109 Å². The average Bonchev–Trinajstić information content (AvgIpc) is 2.88. The predicted octanol–water partition coefficient (Wildman–Crippen LogP) is 3.90. The number of aromatic nitrogens is 1. The molecule has 3 rings (SSSR count). The van der Waals surface area contributed by atoms with Gasteiger partial charge >= 0.3 is 0 Å². The van der Waals surface area contributed by atoms with Crippen LogP contribution in [0.25, 0.3) is 0 Å². The number of hydrogen-bond acceptors (Lipinski definition) is 1. The molecule has 0 aromatic carbocycles. The van der Waals surface area contributed by atoms with Crippen molar-refractivity contribution in [1.82, 2.24) is 4.57 Å². The summed E-state index contributed by atoms with van der Waals surface area (Å²) >= 11 is 0. The minimum atomic E-state index is 0.356. The molecule has 2 nitrogen and oxygen atoms in total. The molecule has 1 aromatic rings. The maximum Gasteiger partial charge on any atom is 0.164 e. The molecule has 1 fully saturated rings. The first-order valence-electron chi connectivity index (χ1n) is 7.31. The zero-order valence-corrected chi connectivity index (χ0v) is 11.6. The maximum atomic E-state index is 12.0. The number of fused-ring (bicyclic) bond motifs is 1. The van der Waals surface area contributed by atoms with Crippen molar-refractivity contribution in [3.05, 3.63) is 23.0 Å². The van der Waals surface area contributed by atoms with E-state index < -0.39 is 0 Å². The molecule has 2 aliphatic rings. The molecule has 2 aliphatic carbocycles. The second kappa shape index (κ2) is 4.25.